The lowest BCUT2D eigenvalue weighted by Gasteiger charge is -2.18. The molecular formula is C28H28N2O5. The van der Waals surface area contributed by atoms with Crippen molar-refractivity contribution in [2.75, 3.05) is 11.9 Å². The first-order valence-corrected chi connectivity index (χ1v) is 11.6. The molecule has 0 fully saturated rings. The van der Waals surface area contributed by atoms with E-state index in [2.05, 4.69) is 22.8 Å². The van der Waals surface area contributed by atoms with E-state index >= 15 is 0 Å². The number of benzene rings is 3. The summed E-state index contributed by atoms with van der Waals surface area (Å²) in [7, 11) is 0. The molecule has 0 aliphatic heterocycles. The molecule has 7 nitrogen and oxygen atoms in total. The van der Waals surface area contributed by atoms with Crippen molar-refractivity contribution in [2.45, 2.75) is 32.2 Å². The molecule has 0 heterocycles. The van der Waals surface area contributed by atoms with Crippen molar-refractivity contribution in [2.24, 2.45) is 5.92 Å². The molecule has 0 saturated carbocycles. The van der Waals surface area contributed by atoms with Gasteiger partial charge in [-0.05, 0) is 46.7 Å². The number of nitrogens with one attached hydrogen (secondary N) is 2. The lowest BCUT2D eigenvalue weighted by molar-refractivity contribution is -0.139. The maximum atomic E-state index is 12.8. The third-order valence-corrected chi connectivity index (χ3v) is 6.06. The van der Waals surface area contributed by atoms with E-state index in [1.54, 1.807) is 18.2 Å². The van der Waals surface area contributed by atoms with E-state index in [0.29, 0.717) is 6.42 Å². The number of para-hydroxylation sites is 1. The lowest BCUT2D eigenvalue weighted by Crippen LogP contribution is -2.41. The zero-order valence-electron chi connectivity index (χ0n) is 19.7. The Morgan fingerprint density at radius 2 is 1.46 bits per heavy atom. The summed E-state index contributed by atoms with van der Waals surface area (Å²) in [6.07, 6.45) is -0.396. The Bertz CT molecular complexity index is 1210. The number of rotatable bonds is 8. The van der Waals surface area contributed by atoms with Crippen LogP contribution in [0.25, 0.3) is 11.1 Å². The summed E-state index contributed by atoms with van der Waals surface area (Å²) >= 11 is 0. The fourth-order valence-corrected chi connectivity index (χ4v) is 4.46. The van der Waals surface area contributed by atoms with Gasteiger partial charge in [-0.1, -0.05) is 74.5 Å². The van der Waals surface area contributed by atoms with Crippen molar-refractivity contribution >= 4 is 23.7 Å². The first-order chi connectivity index (χ1) is 16.8. The molecule has 0 radical (unpaired) electrons. The maximum absolute atomic E-state index is 12.8. The lowest BCUT2D eigenvalue weighted by atomic mass is 9.98. The van der Waals surface area contributed by atoms with Crippen LogP contribution in [0.2, 0.25) is 0 Å². The number of carboxylic acids is 1. The molecule has 1 aliphatic rings. The SMILES string of the molecule is CC(C)C[C@@H](NC(=O)c1ccccc1NC(=O)OCC1c2ccccc2-c2ccccc21)C(=O)O. The number of amides is 2. The predicted octanol–water partition coefficient (Wildman–Crippen LogP) is 5.28. The van der Waals surface area contributed by atoms with Crippen LogP contribution >= 0.6 is 0 Å². The molecule has 0 spiro atoms. The number of aliphatic carboxylic acids is 1. The molecule has 7 heteroatoms. The van der Waals surface area contributed by atoms with Crippen molar-refractivity contribution in [3.8, 4) is 11.1 Å². The van der Waals surface area contributed by atoms with E-state index in [1.165, 1.54) is 6.07 Å². The summed E-state index contributed by atoms with van der Waals surface area (Å²) in [6, 6.07) is 21.5. The molecule has 0 aromatic heterocycles. The number of hydrogen-bond donors (Lipinski definition) is 3. The highest BCUT2D eigenvalue weighted by atomic mass is 16.5. The molecule has 35 heavy (non-hydrogen) atoms. The fraction of sp³-hybridized carbons (Fsp3) is 0.250. The highest BCUT2D eigenvalue weighted by Crippen LogP contribution is 2.44. The molecule has 3 N–H and O–H groups in total. The van der Waals surface area contributed by atoms with Crippen LogP contribution < -0.4 is 10.6 Å². The summed E-state index contributed by atoms with van der Waals surface area (Å²) in [6.45, 7) is 3.91. The van der Waals surface area contributed by atoms with Gasteiger partial charge in [-0.15, -0.1) is 0 Å². The number of fused-ring (bicyclic) bond motifs is 3. The van der Waals surface area contributed by atoms with Gasteiger partial charge in [-0.25, -0.2) is 9.59 Å². The smallest absolute Gasteiger partial charge is 0.411 e. The van der Waals surface area contributed by atoms with Gasteiger partial charge in [0.25, 0.3) is 5.91 Å². The molecule has 0 unspecified atom stereocenters. The number of carbonyl (C=O) groups is 3. The molecule has 4 rings (SSSR count). The normalized spacial score (nSPS) is 13.0. The van der Waals surface area contributed by atoms with Gasteiger partial charge >= 0.3 is 12.1 Å². The third kappa shape index (κ3) is 5.35. The van der Waals surface area contributed by atoms with E-state index in [4.69, 9.17) is 4.74 Å². The summed E-state index contributed by atoms with van der Waals surface area (Å²) in [5, 5.41) is 14.6. The maximum Gasteiger partial charge on any atom is 0.411 e. The van der Waals surface area contributed by atoms with Gasteiger partial charge in [-0.2, -0.15) is 0 Å². The second kappa shape index (κ2) is 10.4. The molecule has 2 amide bonds. The Morgan fingerprint density at radius 3 is 2.06 bits per heavy atom. The molecule has 180 valence electrons. The molecule has 0 saturated heterocycles. The Labute approximate surface area is 204 Å². The van der Waals surface area contributed by atoms with Gasteiger partial charge < -0.3 is 15.2 Å². The second-order valence-electron chi connectivity index (χ2n) is 8.99. The van der Waals surface area contributed by atoms with Crippen LogP contribution in [0.15, 0.2) is 72.8 Å². The van der Waals surface area contributed by atoms with Gasteiger partial charge in [0.05, 0.1) is 11.3 Å². The molecule has 1 atom stereocenters. The van der Waals surface area contributed by atoms with E-state index in [9.17, 15) is 19.5 Å². The van der Waals surface area contributed by atoms with Crippen LogP contribution in [-0.4, -0.2) is 35.7 Å². The van der Waals surface area contributed by atoms with Gasteiger partial charge in [0.15, 0.2) is 0 Å². The average Bonchev–Trinajstić information content (AvgIpc) is 3.16. The minimum absolute atomic E-state index is 0.0842. The van der Waals surface area contributed by atoms with Crippen molar-refractivity contribution in [1.82, 2.24) is 5.32 Å². The molecular weight excluding hydrogens is 444 g/mol. The monoisotopic (exact) mass is 472 g/mol. The second-order valence-corrected chi connectivity index (χ2v) is 8.99. The minimum atomic E-state index is -1.10. The van der Waals surface area contributed by atoms with Gasteiger partial charge in [0.1, 0.15) is 12.6 Å². The Kier molecular flexibility index (Phi) is 7.15. The first-order valence-electron chi connectivity index (χ1n) is 11.6. The van der Waals surface area contributed by atoms with Gasteiger partial charge in [0.2, 0.25) is 0 Å². The topological polar surface area (TPSA) is 105 Å². The Morgan fingerprint density at radius 1 is 0.886 bits per heavy atom. The zero-order valence-corrected chi connectivity index (χ0v) is 19.7. The minimum Gasteiger partial charge on any atom is -0.480 e. The van der Waals surface area contributed by atoms with Crippen LogP contribution in [0.3, 0.4) is 0 Å². The summed E-state index contributed by atoms with van der Waals surface area (Å²) in [5.74, 6) is -1.67. The van der Waals surface area contributed by atoms with E-state index in [-0.39, 0.29) is 29.7 Å². The van der Waals surface area contributed by atoms with Crippen molar-refractivity contribution in [1.29, 1.82) is 0 Å². The van der Waals surface area contributed by atoms with Crippen molar-refractivity contribution in [3.05, 3.63) is 89.5 Å². The fourth-order valence-electron chi connectivity index (χ4n) is 4.46. The number of ether oxygens (including phenoxy) is 1. The molecule has 0 bridgehead atoms. The van der Waals surface area contributed by atoms with E-state index in [0.717, 1.165) is 22.3 Å². The molecule has 3 aromatic carbocycles. The summed E-state index contributed by atoms with van der Waals surface area (Å²) < 4.78 is 5.57. The number of anilines is 1. The standard InChI is InChI=1S/C28H28N2O5/c1-17(2)15-25(27(32)33)29-26(31)22-13-7-8-14-24(22)30-28(34)35-16-23-20-11-5-3-9-18(20)19-10-4-6-12-21(19)23/h3-14,17,23,25H,15-16H2,1-2H3,(H,29,31)(H,30,34)(H,32,33)/t25-/m1/s1. The first kappa shape index (κ1) is 24.0. The quantitative estimate of drug-likeness (QED) is 0.414. The third-order valence-electron chi connectivity index (χ3n) is 6.06. The summed E-state index contributed by atoms with van der Waals surface area (Å²) in [5.41, 5.74) is 4.88. The Hall–Kier alpha value is -4.13. The van der Waals surface area contributed by atoms with Crippen LogP contribution in [0, 0.1) is 5.92 Å². The van der Waals surface area contributed by atoms with E-state index < -0.39 is 24.0 Å². The van der Waals surface area contributed by atoms with E-state index in [1.807, 2.05) is 50.2 Å². The van der Waals surface area contributed by atoms with Gasteiger partial charge in [0, 0.05) is 5.92 Å². The van der Waals surface area contributed by atoms with Crippen LogP contribution in [-0.2, 0) is 9.53 Å². The zero-order chi connectivity index (χ0) is 24.9. The number of carboxylic acid groups (broad SMARTS) is 1. The van der Waals surface area contributed by atoms with Gasteiger partial charge in [-0.3, -0.25) is 10.1 Å². The van der Waals surface area contributed by atoms with Crippen molar-refractivity contribution in [3.63, 3.8) is 0 Å². The molecule has 1 aliphatic carbocycles. The predicted molar refractivity (Wildman–Crippen MR) is 133 cm³/mol. The number of carbonyl (C=O) groups excluding carboxylic acids is 2. The van der Waals surface area contributed by atoms with Crippen LogP contribution in [0.4, 0.5) is 10.5 Å². The highest BCUT2D eigenvalue weighted by Gasteiger charge is 2.29. The average molecular weight is 473 g/mol. The molecule has 3 aromatic rings. The largest absolute Gasteiger partial charge is 0.480 e. The Balaban J connectivity index is 1.44. The number of hydrogen-bond acceptors (Lipinski definition) is 4. The van der Waals surface area contributed by atoms with Crippen LogP contribution in [0.1, 0.15) is 47.7 Å². The van der Waals surface area contributed by atoms with Crippen LogP contribution in [0.5, 0.6) is 0 Å². The highest BCUT2D eigenvalue weighted by molar-refractivity contribution is 6.03. The summed E-state index contributed by atoms with van der Waals surface area (Å²) in [4.78, 5) is 37.0. The van der Waals surface area contributed by atoms with Crippen molar-refractivity contribution < 1.29 is 24.2 Å².